The van der Waals surface area contributed by atoms with Crippen molar-refractivity contribution in [2.75, 3.05) is 32.8 Å². The van der Waals surface area contributed by atoms with E-state index >= 15 is 0 Å². The van der Waals surface area contributed by atoms with Crippen LogP contribution < -0.4 is 5.32 Å². The van der Waals surface area contributed by atoms with Gasteiger partial charge in [-0.25, -0.2) is 0 Å². The number of hydrogen-bond donors (Lipinski definition) is 1. The normalized spacial score (nSPS) is 20.2. The molecule has 0 amide bonds. The van der Waals surface area contributed by atoms with Gasteiger partial charge >= 0.3 is 0 Å². The molecule has 114 valence electrons. The molecule has 21 heavy (non-hydrogen) atoms. The number of para-hydroxylation sites is 1. The van der Waals surface area contributed by atoms with E-state index in [9.17, 15) is 0 Å². The number of benzene rings is 1. The lowest BCUT2D eigenvalue weighted by Crippen LogP contribution is -2.46. The topological polar surface area (TPSA) is 37.6 Å². The van der Waals surface area contributed by atoms with Crippen molar-refractivity contribution in [3.63, 3.8) is 0 Å². The van der Waals surface area contributed by atoms with Crippen LogP contribution in [0, 0.1) is 0 Å². The van der Waals surface area contributed by atoms with Crippen molar-refractivity contribution >= 4 is 22.6 Å². The van der Waals surface area contributed by atoms with Gasteiger partial charge in [-0.05, 0) is 24.2 Å². The van der Waals surface area contributed by atoms with E-state index in [1.165, 1.54) is 0 Å². The molecule has 5 heteroatoms. The Morgan fingerprint density at radius 3 is 3.10 bits per heavy atom. The Kier molecular flexibility index (Phi) is 4.80. The van der Waals surface area contributed by atoms with E-state index in [0.29, 0.717) is 11.8 Å². The minimum atomic E-state index is 0.246. The highest BCUT2D eigenvalue weighted by Crippen LogP contribution is 2.29. The molecule has 1 aromatic carbocycles. The number of likely N-dealkylation sites (N-methyl/N-ethyl adjacent to an activating group) is 1. The van der Waals surface area contributed by atoms with E-state index < -0.39 is 0 Å². The Labute approximate surface area is 130 Å². The molecule has 3 rings (SSSR count). The molecule has 0 aliphatic carbocycles. The van der Waals surface area contributed by atoms with Crippen molar-refractivity contribution in [2.45, 2.75) is 19.6 Å². The molecule has 2 heterocycles. The van der Waals surface area contributed by atoms with Gasteiger partial charge in [0.1, 0.15) is 5.58 Å². The van der Waals surface area contributed by atoms with Gasteiger partial charge in [0.2, 0.25) is 0 Å². The fourth-order valence-electron chi connectivity index (χ4n) is 2.78. The number of hydrogen-bond acceptors (Lipinski definition) is 4. The van der Waals surface area contributed by atoms with E-state index in [4.69, 9.17) is 20.8 Å². The molecule has 0 bridgehead atoms. The van der Waals surface area contributed by atoms with Crippen molar-refractivity contribution in [3.05, 3.63) is 35.0 Å². The summed E-state index contributed by atoms with van der Waals surface area (Å²) in [6.07, 6.45) is 0.246. The smallest absolute Gasteiger partial charge is 0.199 e. The second-order valence-electron chi connectivity index (χ2n) is 5.37. The number of halogens is 1. The van der Waals surface area contributed by atoms with E-state index in [1.54, 1.807) is 0 Å². The molecule has 0 spiro atoms. The van der Waals surface area contributed by atoms with Crippen LogP contribution in [0.3, 0.4) is 0 Å². The molecule has 1 unspecified atom stereocenters. The number of nitrogens with zero attached hydrogens (tertiary/aromatic N) is 1. The molecule has 2 aromatic rings. The molecule has 1 N–H and O–H groups in total. The first-order valence-corrected chi connectivity index (χ1v) is 7.86. The zero-order chi connectivity index (χ0) is 14.7. The standard InChI is InChI=1S/C16H21ClN2O2/c1-2-19-7-8-20-12(11-19)9-18-10-14-13-5-3-4-6-15(13)21-16(14)17/h3-6,12,18H,2,7-11H2,1H3. The first-order chi connectivity index (χ1) is 10.3. The maximum absolute atomic E-state index is 6.19. The van der Waals surface area contributed by atoms with Crippen molar-refractivity contribution < 1.29 is 9.15 Å². The average molecular weight is 309 g/mol. The van der Waals surface area contributed by atoms with Crippen LogP contribution in [0.5, 0.6) is 0 Å². The van der Waals surface area contributed by atoms with Gasteiger partial charge in [-0.3, -0.25) is 4.90 Å². The summed E-state index contributed by atoms with van der Waals surface area (Å²) in [5.74, 6) is 0. The Balaban J connectivity index is 1.58. The van der Waals surface area contributed by atoms with Crippen molar-refractivity contribution in [2.24, 2.45) is 0 Å². The molecule has 1 aromatic heterocycles. The predicted molar refractivity (Wildman–Crippen MR) is 84.8 cm³/mol. The molecule has 1 saturated heterocycles. The highest BCUT2D eigenvalue weighted by molar-refractivity contribution is 6.30. The first kappa shape index (κ1) is 14.9. The third-order valence-corrected chi connectivity index (χ3v) is 4.30. The zero-order valence-corrected chi connectivity index (χ0v) is 13.0. The summed E-state index contributed by atoms with van der Waals surface area (Å²) in [4.78, 5) is 2.41. The average Bonchev–Trinajstić information content (AvgIpc) is 2.83. The fraction of sp³-hybridized carbons (Fsp3) is 0.500. The number of nitrogens with one attached hydrogen (secondary N) is 1. The SMILES string of the molecule is CCN1CCOC(CNCc2c(Cl)oc3ccccc23)C1. The van der Waals surface area contributed by atoms with Gasteiger partial charge in [-0.15, -0.1) is 0 Å². The quantitative estimate of drug-likeness (QED) is 0.921. The summed E-state index contributed by atoms with van der Waals surface area (Å²) in [6, 6.07) is 7.93. The highest BCUT2D eigenvalue weighted by Gasteiger charge is 2.19. The van der Waals surface area contributed by atoms with Gasteiger partial charge in [0.05, 0.1) is 12.7 Å². The van der Waals surface area contributed by atoms with Crippen molar-refractivity contribution in [1.82, 2.24) is 10.2 Å². The van der Waals surface area contributed by atoms with Crippen LogP contribution in [-0.2, 0) is 11.3 Å². The highest BCUT2D eigenvalue weighted by atomic mass is 35.5. The van der Waals surface area contributed by atoms with Crippen LogP contribution in [0.15, 0.2) is 28.7 Å². The van der Waals surface area contributed by atoms with Crippen molar-refractivity contribution in [1.29, 1.82) is 0 Å². The Morgan fingerprint density at radius 2 is 2.24 bits per heavy atom. The number of fused-ring (bicyclic) bond motifs is 1. The molecule has 1 atom stereocenters. The Bertz CT molecular complexity index is 599. The third-order valence-electron chi connectivity index (χ3n) is 3.99. The van der Waals surface area contributed by atoms with Crippen LogP contribution in [0.2, 0.25) is 5.22 Å². The van der Waals surface area contributed by atoms with E-state index in [1.807, 2.05) is 24.3 Å². The van der Waals surface area contributed by atoms with Gasteiger partial charge in [-0.1, -0.05) is 25.1 Å². The lowest BCUT2D eigenvalue weighted by molar-refractivity contribution is -0.0253. The minimum absolute atomic E-state index is 0.246. The second kappa shape index (κ2) is 6.79. The summed E-state index contributed by atoms with van der Waals surface area (Å²) in [5.41, 5.74) is 1.86. The van der Waals surface area contributed by atoms with E-state index in [0.717, 1.165) is 49.3 Å². The molecule has 1 aliphatic heterocycles. The molecule has 1 aliphatic rings. The van der Waals surface area contributed by atoms with Crippen LogP contribution in [-0.4, -0.2) is 43.8 Å². The van der Waals surface area contributed by atoms with Crippen molar-refractivity contribution in [3.8, 4) is 0 Å². The number of ether oxygens (including phenoxy) is 1. The Hall–Kier alpha value is -1.07. The fourth-order valence-corrected chi connectivity index (χ4v) is 3.03. The third kappa shape index (κ3) is 3.40. The Morgan fingerprint density at radius 1 is 1.38 bits per heavy atom. The lowest BCUT2D eigenvalue weighted by atomic mass is 10.2. The molecular weight excluding hydrogens is 288 g/mol. The molecule has 1 fully saturated rings. The monoisotopic (exact) mass is 308 g/mol. The van der Waals surface area contributed by atoms with E-state index in [2.05, 4.69) is 17.1 Å². The molecular formula is C16H21ClN2O2. The van der Waals surface area contributed by atoms with Crippen LogP contribution >= 0.6 is 11.6 Å². The molecule has 4 nitrogen and oxygen atoms in total. The minimum Gasteiger partial charge on any atom is -0.444 e. The summed E-state index contributed by atoms with van der Waals surface area (Å²) in [6.45, 7) is 7.63. The van der Waals surface area contributed by atoms with Gasteiger partial charge < -0.3 is 14.5 Å². The second-order valence-corrected chi connectivity index (χ2v) is 5.71. The van der Waals surface area contributed by atoms with Gasteiger partial charge in [0, 0.05) is 37.1 Å². The van der Waals surface area contributed by atoms with Crippen LogP contribution in [0.1, 0.15) is 12.5 Å². The lowest BCUT2D eigenvalue weighted by Gasteiger charge is -2.32. The molecule has 0 saturated carbocycles. The maximum atomic E-state index is 6.19. The first-order valence-electron chi connectivity index (χ1n) is 7.48. The van der Waals surface area contributed by atoms with Crippen LogP contribution in [0.25, 0.3) is 11.0 Å². The largest absolute Gasteiger partial charge is 0.444 e. The number of morpholine rings is 1. The molecule has 0 radical (unpaired) electrons. The van der Waals surface area contributed by atoms with E-state index in [-0.39, 0.29) is 6.10 Å². The summed E-state index contributed by atoms with van der Waals surface area (Å²) in [5, 5.41) is 4.99. The summed E-state index contributed by atoms with van der Waals surface area (Å²) < 4.78 is 11.3. The maximum Gasteiger partial charge on any atom is 0.199 e. The number of furan rings is 1. The van der Waals surface area contributed by atoms with Crippen LogP contribution in [0.4, 0.5) is 0 Å². The van der Waals surface area contributed by atoms with Gasteiger partial charge in [-0.2, -0.15) is 0 Å². The van der Waals surface area contributed by atoms with Gasteiger partial charge in [0.25, 0.3) is 0 Å². The zero-order valence-electron chi connectivity index (χ0n) is 12.3. The summed E-state index contributed by atoms with van der Waals surface area (Å²) >= 11 is 6.19. The summed E-state index contributed by atoms with van der Waals surface area (Å²) in [7, 11) is 0. The number of rotatable bonds is 5. The van der Waals surface area contributed by atoms with Gasteiger partial charge in [0.15, 0.2) is 5.22 Å². The predicted octanol–water partition coefficient (Wildman–Crippen LogP) is 2.90.